The fourth-order valence-electron chi connectivity index (χ4n) is 0.512. The Hall–Kier alpha value is -0.570. The van der Waals surface area contributed by atoms with E-state index in [2.05, 4.69) is 0 Å². The van der Waals surface area contributed by atoms with Gasteiger partial charge in [0.2, 0.25) is 0 Å². The first-order valence-electron chi connectivity index (χ1n) is 3.94. The number of hydrogen-bond donors (Lipinski definition) is 0. The molecule has 0 saturated carbocycles. The lowest BCUT2D eigenvalue weighted by atomic mass is 10.3. The van der Waals surface area contributed by atoms with E-state index in [0.717, 1.165) is 6.42 Å². The van der Waals surface area contributed by atoms with Gasteiger partial charge in [0.05, 0.1) is 6.10 Å². The van der Waals surface area contributed by atoms with E-state index in [1.807, 2.05) is 20.8 Å². The Kier molecular flexibility index (Phi) is 5.84. The molecule has 0 saturated heterocycles. The summed E-state index contributed by atoms with van der Waals surface area (Å²) in [5.74, 6) is -0.187. The quantitative estimate of drug-likeness (QED) is 0.453. The minimum Gasteiger partial charge on any atom is -0.438 e. The molecule has 0 heterocycles. The van der Waals surface area contributed by atoms with Crippen LogP contribution in [-0.2, 0) is 14.3 Å². The average Bonchev–Trinajstić information content (AvgIpc) is 1.87. The third kappa shape index (κ3) is 7.33. The number of esters is 1. The van der Waals surface area contributed by atoms with Crippen LogP contribution >= 0.6 is 0 Å². The molecule has 66 valence electrons. The molecule has 0 aromatic carbocycles. The van der Waals surface area contributed by atoms with E-state index in [9.17, 15) is 4.79 Å². The first-order valence-corrected chi connectivity index (χ1v) is 3.94. The van der Waals surface area contributed by atoms with Crippen LogP contribution in [0.15, 0.2) is 0 Å². The van der Waals surface area contributed by atoms with E-state index in [1.54, 1.807) is 0 Å². The average molecular weight is 160 g/mol. The maximum atomic E-state index is 10.7. The highest BCUT2D eigenvalue weighted by molar-refractivity contribution is 5.69. The maximum absolute atomic E-state index is 10.7. The Labute approximate surface area is 67.7 Å². The summed E-state index contributed by atoms with van der Waals surface area (Å²) in [5.41, 5.74) is 0. The van der Waals surface area contributed by atoms with Crippen molar-refractivity contribution in [2.45, 2.75) is 39.7 Å². The second kappa shape index (κ2) is 6.16. The molecule has 0 bridgehead atoms. The van der Waals surface area contributed by atoms with Crippen molar-refractivity contribution in [3.63, 3.8) is 0 Å². The van der Waals surface area contributed by atoms with Gasteiger partial charge in [-0.3, -0.25) is 4.79 Å². The van der Waals surface area contributed by atoms with E-state index in [1.165, 1.54) is 0 Å². The van der Waals surface area contributed by atoms with Crippen LogP contribution in [0.2, 0.25) is 0 Å². The maximum Gasteiger partial charge on any atom is 0.307 e. The minimum atomic E-state index is -0.187. The Morgan fingerprint density at radius 3 is 2.55 bits per heavy atom. The second-order valence-electron chi connectivity index (χ2n) is 2.60. The molecule has 0 fully saturated rings. The number of rotatable bonds is 5. The van der Waals surface area contributed by atoms with Crippen LogP contribution in [0.25, 0.3) is 0 Å². The van der Waals surface area contributed by atoms with Crippen molar-refractivity contribution in [3.8, 4) is 0 Å². The molecule has 0 unspecified atom stereocenters. The molecule has 0 N–H and O–H groups in total. The molecular formula is C8H16O3. The molecule has 0 aromatic heterocycles. The Balaban J connectivity index is 3.17. The summed E-state index contributed by atoms with van der Waals surface area (Å²) in [5, 5.41) is 0. The second-order valence-corrected chi connectivity index (χ2v) is 2.60. The van der Waals surface area contributed by atoms with Gasteiger partial charge in [-0.15, -0.1) is 0 Å². The van der Waals surface area contributed by atoms with Crippen LogP contribution in [0.1, 0.15) is 33.6 Å². The van der Waals surface area contributed by atoms with Gasteiger partial charge in [-0.05, 0) is 20.3 Å². The zero-order valence-corrected chi connectivity index (χ0v) is 7.42. The van der Waals surface area contributed by atoms with Crippen LogP contribution in [0.3, 0.4) is 0 Å². The van der Waals surface area contributed by atoms with Gasteiger partial charge >= 0.3 is 5.97 Å². The SMILES string of the molecule is CCCC(=O)OCOC(C)C. The van der Waals surface area contributed by atoms with Gasteiger partial charge in [-0.25, -0.2) is 0 Å². The molecule has 0 atom stereocenters. The van der Waals surface area contributed by atoms with Crippen LogP contribution in [0, 0.1) is 0 Å². The van der Waals surface area contributed by atoms with E-state index in [4.69, 9.17) is 9.47 Å². The standard InChI is InChI=1S/C8H16O3/c1-4-5-8(9)11-6-10-7(2)3/h7H,4-6H2,1-3H3. The number of carbonyl (C=O) groups excluding carboxylic acids is 1. The normalized spacial score (nSPS) is 10.2. The van der Waals surface area contributed by atoms with Crippen molar-refractivity contribution in [1.29, 1.82) is 0 Å². The first-order chi connectivity index (χ1) is 5.16. The lowest BCUT2D eigenvalue weighted by Gasteiger charge is -2.07. The zero-order valence-electron chi connectivity index (χ0n) is 7.42. The summed E-state index contributed by atoms with van der Waals surface area (Å²) in [7, 11) is 0. The van der Waals surface area contributed by atoms with Crippen LogP contribution in [0.5, 0.6) is 0 Å². The van der Waals surface area contributed by atoms with Crippen molar-refractivity contribution in [2.75, 3.05) is 6.79 Å². The van der Waals surface area contributed by atoms with Crippen molar-refractivity contribution in [2.24, 2.45) is 0 Å². The van der Waals surface area contributed by atoms with E-state index in [-0.39, 0.29) is 18.9 Å². The molecule has 0 spiro atoms. The minimum absolute atomic E-state index is 0.0799. The van der Waals surface area contributed by atoms with E-state index < -0.39 is 0 Å². The van der Waals surface area contributed by atoms with Gasteiger partial charge in [0.1, 0.15) is 0 Å². The smallest absolute Gasteiger partial charge is 0.307 e. The largest absolute Gasteiger partial charge is 0.438 e. The van der Waals surface area contributed by atoms with Gasteiger partial charge in [-0.2, -0.15) is 0 Å². The molecule has 3 heteroatoms. The fraction of sp³-hybridized carbons (Fsp3) is 0.875. The summed E-state index contributed by atoms with van der Waals surface area (Å²) in [6, 6.07) is 0. The highest BCUT2D eigenvalue weighted by Crippen LogP contribution is 1.93. The lowest BCUT2D eigenvalue weighted by molar-refractivity contribution is -0.159. The number of ether oxygens (including phenoxy) is 2. The summed E-state index contributed by atoms with van der Waals surface area (Å²) in [4.78, 5) is 10.7. The third-order valence-corrected chi connectivity index (χ3v) is 1.08. The highest BCUT2D eigenvalue weighted by Gasteiger charge is 2.00. The van der Waals surface area contributed by atoms with Gasteiger partial charge in [0.25, 0.3) is 0 Å². The molecule has 0 radical (unpaired) electrons. The van der Waals surface area contributed by atoms with Gasteiger partial charge in [-0.1, -0.05) is 6.92 Å². The Morgan fingerprint density at radius 2 is 2.09 bits per heavy atom. The molecule has 0 aromatic rings. The fourth-order valence-corrected chi connectivity index (χ4v) is 0.512. The van der Waals surface area contributed by atoms with Crippen LogP contribution in [0.4, 0.5) is 0 Å². The molecule has 11 heavy (non-hydrogen) atoms. The number of hydrogen-bond acceptors (Lipinski definition) is 3. The van der Waals surface area contributed by atoms with Crippen molar-refractivity contribution in [3.05, 3.63) is 0 Å². The predicted molar refractivity (Wildman–Crippen MR) is 42.1 cm³/mol. The molecule has 0 aliphatic rings. The van der Waals surface area contributed by atoms with E-state index in [0.29, 0.717) is 6.42 Å². The van der Waals surface area contributed by atoms with E-state index >= 15 is 0 Å². The lowest BCUT2D eigenvalue weighted by Crippen LogP contribution is -2.11. The molecule has 0 aliphatic heterocycles. The Morgan fingerprint density at radius 1 is 1.45 bits per heavy atom. The zero-order chi connectivity index (χ0) is 8.69. The summed E-state index contributed by atoms with van der Waals surface area (Å²) < 4.78 is 9.75. The molecular weight excluding hydrogens is 144 g/mol. The first kappa shape index (κ1) is 10.4. The topological polar surface area (TPSA) is 35.5 Å². The Bertz CT molecular complexity index is 110. The summed E-state index contributed by atoms with van der Waals surface area (Å²) in [6.45, 7) is 5.81. The molecule has 0 aliphatic carbocycles. The molecule has 0 rings (SSSR count). The molecule has 3 nitrogen and oxygen atoms in total. The summed E-state index contributed by atoms with van der Waals surface area (Å²) >= 11 is 0. The molecule has 0 amide bonds. The number of carbonyl (C=O) groups is 1. The predicted octanol–water partition coefficient (Wildman–Crippen LogP) is 1.71. The van der Waals surface area contributed by atoms with Crippen LogP contribution in [-0.4, -0.2) is 18.9 Å². The highest BCUT2D eigenvalue weighted by atomic mass is 16.7. The van der Waals surface area contributed by atoms with Crippen LogP contribution < -0.4 is 0 Å². The summed E-state index contributed by atoms with van der Waals surface area (Å²) in [6.07, 6.45) is 1.41. The van der Waals surface area contributed by atoms with Gasteiger partial charge in [0.15, 0.2) is 6.79 Å². The third-order valence-electron chi connectivity index (χ3n) is 1.08. The van der Waals surface area contributed by atoms with Crippen molar-refractivity contribution < 1.29 is 14.3 Å². The van der Waals surface area contributed by atoms with Gasteiger partial charge in [0, 0.05) is 6.42 Å². The van der Waals surface area contributed by atoms with Crippen molar-refractivity contribution >= 4 is 5.97 Å². The van der Waals surface area contributed by atoms with Crippen molar-refractivity contribution in [1.82, 2.24) is 0 Å². The monoisotopic (exact) mass is 160 g/mol. The van der Waals surface area contributed by atoms with Gasteiger partial charge < -0.3 is 9.47 Å².